The lowest BCUT2D eigenvalue weighted by Crippen LogP contribution is -2.39. The summed E-state index contributed by atoms with van der Waals surface area (Å²) in [6.07, 6.45) is 1.56. The molecular weight excluding hydrogens is 278 g/mol. The van der Waals surface area contributed by atoms with Crippen molar-refractivity contribution in [2.45, 2.75) is 26.3 Å². The number of para-hydroxylation sites is 1. The molecule has 0 spiro atoms. The maximum absolute atomic E-state index is 12.3. The number of primary amides is 1. The van der Waals surface area contributed by atoms with Crippen LogP contribution in [0.15, 0.2) is 29.1 Å². The minimum Gasteiger partial charge on any atom is -0.369 e. The van der Waals surface area contributed by atoms with Crippen LogP contribution in [-0.4, -0.2) is 28.9 Å². The standard InChI is InChI=1S/C17H21N3O2/c1-11-3-2-4-13-9-14(17(22)19-15(11)13)10-20-7-5-12(6-8-20)16(18)21/h2-4,9,12H,5-8,10H2,1H3,(H2,18,21)(H,19,22). The van der Waals surface area contributed by atoms with Crippen LogP contribution >= 0.6 is 0 Å². The smallest absolute Gasteiger partial charge is 0.252 e. The summed E-state index contributed by atoms with van der Waals surface area (Å²) in [5.74, 6) is -0.229. The minimum absolute atomic E-state index is 0.0196. The molecule has 0 radical (unpaired) electrons. The van der Waals surface area contributed by atoms with Gasteiger partial charge in [0.15, 0.2) is 0 Å². The van der Waals surface area contributed by atoms with E-state index in [1.807, 2.05) is 31.2 Å². The fraction of sp³-hybridized carbons (Fsp3) is 0.412. The lowest BCUT2D eigenvalue weighted by molar-refractivity contribution is -0.123. The Hall–Kier alpha value is -2.14. The first-order valence-electron chi connectivity index (χ1n) is 7.68. The summed E-state index contributed by atoms with van der Waals surface area (Å²) < 4.78 is 0. The fourth-order valence-corrected chi connectivity index (χ4v) is 3.16. The lowest BCUT2D eigenvalue weighted by Gasteiger charge is -2.30. The molecule has 1 amide bonds. The van der Waals surface area contributed by atoms with Gasteiger partial charge in [0.2, 0.25) is 5.91 Å². The number of H-pyrrole nitrogens is 1. The number of piperidine rings is 1. The molecule has 3 N–H and O–H groups in total. The SMILES string of the molecule is Cc1cccc2cc(CN3CCC(C(N)=O)CC3)c(=O)[nH]c12. The quantitative estimate of drug-likeness (QED) is 0.902. The Bertz CT molecular complexity index is 758. The molecule has 2 aromatic rings. The molecule has 0 unspecified atom stereocenters. The third-order valence-electron chi connectivity index (χ3n) is 4.55. The number of aryl methyl sites for hydroxylation is 1. The number of benzene rings is 1. The Labute approximate surface area is 129 Å². The summed E-state index contributed by atoms with van der Waals surface area (Å²) in [5, 5.41) is 1.06. The van der Waals surface area contributed by atoms with E-state index >= 15 is 0 Å². The van der Waals surface area contributed by atoms with Crippen molar-refractivity contribution in [2.75, 3.05) is 13.1 Å². The molecule has 1 aromatic heterocycles. The number of pyridine rings is 1. The second kappa shape index (κ2) is 5.93. The molecule has 0 saturated carbocycles. The van der Waals surface area contributed by atoms with Crippen molar-refractivity contribution in [3.05, 3.63) is 45.7 Å². The maximum Gasteiger partial charge on any atom is 0.252 e. The number of aromatic nitrogens is 1. The van der Waals surface area contributed by atoms with Crippen molar-refractivity contribution in [1.29, 1.82) is 0 Å². The third-order valence-corrected chi connectivity index (χ3v) is 4.55. The molecule has 1 saturated heterocycles. The van der Waals surface area contributed by atoms with E-state index in [0.29, 0.717) is 6.54 Å². The van der Waals surface area contributed by atoms with Crippen molar-refractivity contribution in [3.63, 3.8) is 0 Å². The highest BCUT2D eigenvalue weighted by molar-refractivity contribution is 5.81. The molecular formula is C17H21N3O2. The number of fused-ring (bicyclic) bond motifs is 1. The van der Waals surface area contributed by atoms with E-state index in [1.165, 1.54) is 0 Å². The number of hydrogen-bond acceptors (Lipinski definition) is 3. The van der Waals surface area contributed by atoms with Gasteiger partial charge >= 0.3 is 0 Å². The molecule has 2 heterocycles. The zero-order valence-corrected chi connectivity index (χ0v) is 12.8. The molecule has 1 aliphatic rings. The Kier molecular flexibility index (Phi) is 3.98. The van der Waals surface area contributed by atoms with E-state index in [9.17, 15) is 9.59 Å². The summed E-state index contributed by atoms with van der Waals surface area (Å²) in [6, 6.07) is 7.98. The topological polar surface area (TPSA) is 79.2 Å². The number of nitrogens with two attached hydrogens (primary N) is 1. The van der Waals surface area contributed by atoms with Crippen LogP contribution in [0.4, 0.5) is 0 Å². The second-order valence-electron chi connectivity index (χ2n) is 6.12. The summed E-state index contributed by atoms with van der Waals surface area (Å²) in [7, 11) is 0. The molecule has 0 atom stereocenters. The van der Waals surface area contributed by atoms with Crippen LogP contribution in [0.25, 0.3) is 10.9 Å². The van der Waals surface area contributed by atoms with Crippen molar-refractivity contribution in [3.8, 4) is 0 Å². The van der Waals surface area contributed by atoms with Crippen molar-refractivity contribution in [1.82, 2.24) is 9.88 Å². The van der Waals surface area contributed by atoms with Gasteiger partial charge in [0, 0.05) is 18.0 Å². The molecule has 0 aliphatic carbocycles. The van der Waals surface area contributed by atoms with Gasteiger partial charge in [-0.15, -0.1) is 0 Å². The summed E-state index contributed by atoms with van der Waals surface area (Å²) >= 11 is 0. The van der Waals surface area contributed by atoms with Crippen LogP contribution in [0.3, 0.4) is 0 Å². The number of carbonyl (C=O) groups is 1. The molecule has 3 rings (SSSR count). The number of likely N-dealkylation sites (tertiary alicyclic amines) is 1. The number of amides is 1. The van der Waals surface area contributed by atoms with Crippen LogP contribution < -0.4 is 11.3 Å². The van der Waals surface area contributed by atoms with Gasteiger partial charge < -0.3 is 10.7 Å². The highest BCUT2D eigenvalue weighted by atomic mass is 16.1. The average molecular weight is 299 g/mol. The normalized spacial score (nSPS) is 17.0. The number of carbonyl (C=O) groups excluding carboxylic acids is 1. The average Bonchev–Trinajstić information content (AvgIpc) is 2.50. The van der Waals surface area contributed by atoms with E-state index in [-0.39, 0.29) is 17.4 Å². The first-order chi connectivity index (χ1) is 10.5. The van der Waals surface area contributed by atoms with Gasteiger partial charge in [0.05, 0.1) is 5.52 Å². The molecule has 1 fully saturated rings. The zero-order chi connectivity index (χ0) is 15.7. The van der Waals surface area contributed by atoms with E-state index in [0.717, 1.165) is 48.0 Å². The van der Waals surface area contributed by atoms with Crippen molar-refractivity contribution in [2.24, 2.45) is 11.7 Å². The van der Waals surface area contributed by atoms with Gasteiger partial charge in [0.25, 0.3) is 5.56 Å². The molecule has 1 aliphatic heterocycles. The summed E-state index contributed by atoms with van der Waals surface area (Å²) in [5.41, 5.74) is 8.08. The van der Waals surface area contributed by atoms with Gasteiger partial charge in [-0.2, -0.15) is 0 Å². The first kappa shape index (κ1) is 14.8. The number of hydrogen-bond donors (Lipinski definition) is 2. The Balaban J connectivity index is 1.79. The molecule has 1 aromatic carbocycles. The zero-order valence-electron chi connectivity index (χ0n) is 12.8. The van der Waals surface area contributed by atoms with Crippen LogP contribution in [0.1, 0.15) is 24.0 Å². The Morgan fingerprint density at radius 1 is 1.36 bits per heavy atom. The van der Waals surface area contributed by atoms with Gasteiger partial charge in [-0.3, -0.25) is 14.5 Å². The van der Waals surface area contributed by atoms with E-state index < -0.39 is 0 Å². The van der Waals surface area contributed by atoms with Crippen molar-refractivity contribution >= 4 is 16.8 Å². The summed E-state index contributed by atoms with van der Waals surface area (Å²) in [6.45, 7) is 4.22. The van der Waals surface area contributed by atoms with Gasteiger partial charge in [-0.1, -0.05) is 18.2 Å². The Morgan fingerprint density at radius 2 is 2.09 bits per heavy atom. The van der Waals surface area contributed by atoms with Crippen LogP contribution in [0.5, 0.6) is 0 Å². The van der Waals surface area contributed by atoms with Gasteiger partial charge in [0.1, 0.15) is 0 Å². The number of nitrogens with one attached hydrogen (secondary N) is 1. The van der Waals surface area contributed by atoms with Crippen LogP contribution in [0.2, 0.25) is 0 Å². The maximum atomic E-state index is 12.3. The van der Waals surface area contributed by atoms with E-state index in [4.69, 9.17) is 5.73 Å². The predicted octanol–water partition coefficient (Wildman–Crippen LogP) is 1.53. The number of rotatable bonds is 3. The molecule has 5 nitrogen and oxygen atoms in total. The third kappa shape index (κ3) is 2.90. The Morgan fingerprint density at radius 3 is 2.77 bits per heavy atom. The van der Waals surface area contributed by atoms with E-state index in [2.05, 4.69) is 9.88 Å². The fourth-order valence-electron chi connectivity index (χ4n) is 3.16. The molecule has 116 valence electrons. The molecule has 0 bridgehead atoms. The number of nitrogens with zero attached hydrogens (tertiary/aromatic N) is 1. The summed E-state index contributed by atoms with van der Waals surface area (Å²) in [4.78, 5) is 28.7. The molecule has 5 heteroatoms. The van der Waals surface area contributed by atoms with Gasteiger partial charge in [-0.05, 0) is 49.9 Å². The van der Waals surface area contributed by atoms with Gasteiger partial charge in [-0.25, -0.2) is 0 Å². The highest BCUT2D eigenvalue weighted by Gasteiger charge is 2.23. The molecule has 22 heavy (non-hydrogen) atoms. The number of aromatic amines is 1. The largest absolute Gasteiger partial charge is 0.369 e. The monoisotopic (exact) mass is 299 g/mol. The lowest BCUT2D eigenvalue weighted by atomic mass is 9.96. The van der Waals surface area contributed by atoms with Crippen LogP contribution in [0, 0.1) is 12.8 Å². The first-order valence-corrected chi connectivity index (χ1v) is 7.68. The van der Waals surface area contributed by atoms with Crippen LogP contribution in [-0.2, 0) is 11.3 Å². The highest BCUT2D eigenvalue weighted by Crippen LogP contribution is 2.19. The minimum atomic E-state index is -0.210. The van der Waals surface area contributed by atoms with Crippen molar-refractivity contribution < 1.29 is 4.79 Å². The second-order valence-corrected chi connectivity index (χ2v) is 6.12. The predicted molar refractivity (Wildman–Crippen MR) is 86.5 cm³/mol. The van der Waals surface area contributed by atoms with E-state index in [1.54, 1.807) is 0 Å².